The molecule has 310 valence electrons. The number of nitrogens with zero attached hydrogens (tertiary/aromatic N) is 1. The molecular weight excluding hydrogens is 735 g/mol. The van der Waals surface area contributed by atoms with Gasteiger partial charge in [-0.2, -0.15) is 0 Å². The van der Waals surface area contributed by atoms with E-state index in [1.54, 1.807) is 63.5 Å². The lowest BCUT2D eigenvalue weighted by atomic mass is 9.85. The van der Waals surface area contributed by atoms with Crippen molar-refractivity contribution in [1.29, 1.82) is 0 Å². The number of anilines is 1. The largest absolute Gasteiger partial charge is 0.461 e. The number of aliphatic hydroxyl groups is 3. The maximum atomic E-state index is 13.6. The number of aromatic nitrogens is 1. The third kappa shape index (κ3) is 14.1. The average molecular weight is 794 g/mol. The number of hydrogen-bond donors (Lipinski definition) is 5. The molecule has 1 aromatic heterocycles. The summed E-state index contributed by atoms with van der Waals surface area (Å²) >= 11 is 0. The van der Waals surface area contributed by atoms with Crippen LogP contribution in [-0.2, 0) is 32.1 Å². The summed E-state index contributed by atoms with van der Waals surface area (Å²) < 4.78 is 10.9. The van der Waals surface area contributed by atoms with E-state index < -0.39 is 35.9 Å². The second-order valence-corrected chi connectivity index (χ2v) is 16.3. The quantitative estimate of drug-likeness (QED) is 0.0362. The van der Waals surface area contributed by atoms with Crippen molar-refractivity contribution >= 4 is 34.4 Å². The van der Waals surface area contributed by atoms with Crippen LogP contribution in [0.3, 0.4) is 0 Å². The van der Waals surface area contributed by atoms with Gasteiger partial charge in [-0.25, -0.2) is 4.79 Å². The van der Waals surface area contributed by atoms with E-state index in [-0.39, 0.29) is 43.3 Å². The summed E-state index contributed by atoms with van der Waals surface area (Å²) in [5.41, 5.74) is 2.54. The zero-order valence-corrected chi connectivity index (χ0v) is 33.9. The van der Waals surface area contributed by atoms with E-state index in [4.69, 9.17) is 9.47 Å². The minimum atomic E-state index is -0.735. The van der Waals surface area contributed by atoms with Crippen LogP contribution in [0.5, 0.6) is 0 Å². The van der Waals surface area contributed by atoms with Gasteiger partial charge >= 0.3 is 12.1 Å². The number of hydrogen-bond acceptors (Lipinski definition) is 9. The van der Waals surface area contributed by atoms with Crippen LogP contribution in [0.4, 0.5) is 10.5 Å². The fraction of sp³-hybridized carbons (Fsp3) is 0.447. The van der Waals surface area contributed by atoms with Crippen LogP contribution in [0, 0.1) is 11.8 Å². The molecule has 1 unspecified atom stereocenters. The van der Waals surface area contributed by atoms with Gasteiger partial charge in [0.05, 0.1) is 24.2 Å². The monoisotopic (exact) mass is 793 g/mol. The molecule has 2 amide bonds. The highest BCUT2D eigenvalue weighted by molar-refractivity contribution is 5.98. The Hall–Kier alpha value is -5.10. The van der Waals surface area contributed by atoms with Gasteiger partial charge in [-0.1, -0.05) is 72.8 Å². The number of carbonyl (C=O) groups is 3. The van der Waals surface area contributed by atoms with Crippen LogP contribution >= 0.6 is 0 Å². The smallest absolute Gasteiger partial charge is 0.407 e. The molecule has 1 fully saturated rings. The molecule has 11 heteroatoms. The molecule has 1 heterocycles. The number of amides is 2. The van der Waals surface area contributed by atoms with E-state index in [1.165, 1.54) is 5.56 Å². The summed E-state index contributed by atoms with van der Waals surface area (Å²) in [5.74, 6) is -1.50. The van der Waals surface area contributed by atoms with Gasteiger partial charge in [0, 0.05) is 36.4 Å². The van der Waals surface area contributed by atoms with E-state index in [1.807, 2.05) is 48.6 Å². The third-order valence-corrected chi connectivity index (χ3v) is 10.6. The van der Waals surface area contributed by atoms with E-state index in [2.05, 4.69) is 27.8 Å². The molecule has 1 saturated carbocycles. The fourth-order valence-electron chi connectivity index (χ4n) is 7.48. The van der Waals surface area contributed by atoms with Gasteiger partial charge < -0.3 is 35.4 Å². The predicted octanol–water partition coefficient (Wildman–Crippen LogP) is 7.77. The summed E-state index contributed by atoms with van der Waals surface area (Å²) in [6.45, 7) is 5.39. The highest BCUT2D eigenvalue weighted by atomic mass is 16.6. The van der Waals surface area contributed by atoms with Crippen LogP contribution in [0.15, 0.2) is 103 Å². The van der Waals surface area contributed by atoms with Gasteiger partial charge in [-0.3, -0.25) is 14.6 Å². The minimum Gasteiger partial charge on any atom is -0.461 e. The van der Waals surface area contributed by atoms with E-state index in [0.29, 0.717) is 56.2 Å². The number of pyridine rings is 1. The molecule has 0 saturated heterocycles. The Bertz CT molecular complexity index is 1950. The van der Waals surface area contributed by atoms with Crippen molar-refractivity contribution in [2.75, 3.05) is 11.9 Å². The highest BCUT2D eigenvalue weighted by Crippen LogP contribution is 2.38. The first-order valence-electron chi connectivity index (χ1n) is 20.4. The van der Waals surface area contributed by atoms with Crippen LogP contribution < -0.4 is 10.6 Å². The SMILES string of the molecule is CC(C)(C)OC(=O)NCC(C(=O)Nc1ccc2cnccc2c1)c1ccc(COC(=O)CCC/C=C/C[C@@H]2[C@@H](CC[C@@H](O)CCc3ccccc3)[C@H](O)C[C@@H]2O)cc1. The molecular formula is C47H59N3O8. The zero-order chi connectivity index (χ0) is 41.5. The van der Waals surface area contributed by atoms with Gasteiger partial charge in [0.15, 0.2) is 0 Å². The fourth-order valence-corrected chi connectivity index (χ4v) is 7.48. The van der Waals surface area contributed by atoms with E-state index in [9.17, 15) is 29.7 Å². The molecule has 0 spiro atoms. The molecule has 1 aliphatic rings. The number of unbranched alkanes of at least 4 members (excludes halogenated alkanes) is 1. The van der Waals surface area contributed by atoms with Gasteiger partial charge in [0.2, 0.25) is 5.91 Å². The maximum Gasteiger partial charge on any atom is 0.407 e. The van der Waals surface area contributed by atoms with Gasteiger partial charge in [-0.05, 0) is 124 Å². The number of benzene rings is 3. The number of esters is 1. The Morgan fingerprint density at radius 2 is 1.66 bits per heavy atom. The van der Waals surface area contributed by atoms with Crippen molar-refractivity contribution in [3.8, 4) is 0 Å². The zero-order valence-electron chi connectivity index (χ0n) is 33.9. The standard InChI is InChI=1S/C47H59N3O8/c1-47(2,3)58-46(56)49-30-41(45(55)50-37-21-20-36-29-48-26-25-35(36)27-37)34-18-15-33(16-19-34)31-57-44(54)14-10-5-4-9-13-39-40(43(53)28-42(39)52)24-23-38(51)22-17-32-11-7-6-8-12-32/h4,6-9,11-12,15-16,18-21,25-27,29,38-43,51-53H,5,10,13-14,17,22-24,28,30-31H2,1-3H3,(H,49,56)(H,50,55)/b9-4+/t38-,39+,40+,41?,42-,43+/m0/s1. The molecule has 0 bridgehead atoms. The van der Waals surface area contributed by atoms with Gasteiger partial charge in [0.25, 0.3) is 0 Å². The highest BCUT2D eigenvalue weighted by Gasteiger charge is 2.40. The first-order valence-corrected chi connectivity index (χ1v) is 20.4. The van der Waals surface area contributed by atoms with Gasteiger partial charge in [-0.15, -0.1) is 0 Å². The van der Waals surface area contributed by atoms with Crippen molar-refractivity contribution in [1.82, 2.24) is 10.3 Å². The topological polar surface area (TPSA) is 167 Å². The number of carbonyl (C=O) groups excluding carboxylic acids is 3. The number of rotatable bonds is 19. The molecule has 58 heavy (non-hydrogen) atoms. The summed E-state index contributed by atoms with van der Waals surface area (Å²) in [7, 11) is 0. The second-order valence-electron chi connectivity index (χ2n) is 16.3. The van der Waals surface area contributed by atoms with Crippen LogP contribution in [0.25, 0.3) is 10.8 Å². The molecule has 4 aromatic rings. The molecule has 1 aliphatic carbocycles. The van der Waals surface area contributed by atoms with E-state index >= 15 is 0 Å². The predicted molar refractivity (Wildman–Crippen MR) is 225 cm³/mol. The van der Waals surface area contributed by atoms with Crippen molar-refractivity contribution in [3.05, 3.63) is 120 Å². The molecule has 11 nitrogen and oxygen atoms in total. The number of allylic oxidation sites excluding steroid dienone is 2. The first kappa shape index (κ1) is 44.0. The summed E-state index contributed by atoms with van der Waals surface area (Å²) in [5, 5.41) is 39.4. The number of fused-ring (bicyclic) bond motifs is 1. The molecule has 3 aromatic carbocycles. The van der Waals surface area contributed by atoms with E-state index in [0.717, 1.165) is 22.8 Å². The number of aliphatic hydroxyl groups excluding tert-OH is 3. The first-order chi connectivity index (χ1) is 27.8. The van der Waals surface area contributed by atoms with Crippen molar-refractivity contribution in [2.45, 2.75) is 115 Å². The van der Waals surface area contributed by atoms with Crippen molar-refractivity contribution < 1.29 is 39.2 Å². The summed E-state index contributed by atoms with van der Waals surface area (Å²) in [6, 6.07) is 24.7. The maximum absolute atomic E-state index is 13.6. The second kappa shape index (κ2) is 21.6. The number of aryl methyl sites for hydroxylation is 1. The Balaban J connectivity index is 1.05. The summed E-state index contributed by atoms with van der Waals surface area (Å²) in [6.07, 6.45) is 10.5. The van der Waals surface area contributed by atoms with Crippen molar-refractivity contribution in [3.63, 3.8) is 0 Å². The number of alkyl carbamates (subject to hydrolysis) is 1. The number of ether oxygens (including phenoxy) is 2. The Morgan fingerprint density at radius 3 is 2.41 bits per heavy atom. The summed E-state index contributed by atoms with van der Waals surface area (Å²) in [4.78, 5) is 42.8. The van der Waals surface area contributed by atoms with Crippen molar-refractivity contribution in [2.24, 2.45) is 11.8 Å². The number of nitrogens with one attached hydrogen (secondary N) is 2. The third-order valence-electron chi connectivity index (χ3n) is 10.6. The van der Waals surface area contributed by atoms with Gasteiger partial charge in [0.1, 0.15) is 12.2 Å². The molecule has 0 radical (unpaired) electrons. The Kier molecular flexibility index (Phi) is 16.4. The lowest BCUT2D eigenvalue weighted by Gasteiger charge is -2.23. The molecule has 5 rings (SSSR count). The lowest BCUT2D eigenvalue weighted by molar-refractivity contribution is -0.145. The van der Waals surface area contributed by atoms with Crippen LogP contribution in [-0.4, -0.2) is 68.7 Å². The molecule has 6 atom stereocenters. The lowest BCUT2D eigenvalue weighted by Crippen LogP contribution is -2.37. The molecule has 5 N–H and O–H groups in total. The van der Waals surface area contributed by atoms with Crippen LogP contribution in [0.2, 0.25) is 0 Å². The van der Waals surface area contributed by atoms with Crippen LogP contribution in [0.1, 0.15) is 94.7 Å². The average Bonchev–Trinajstić information content (AvgIpc) is 3.47. The Labute approximate surface area is 341 Å². The minimum absolute atomic E-state index is 0.00447. The normalized spacial score (nSPS) is 19.1. The molecule has 0 aliphatic heterocycles. The Morgan fingerprint density at radius 1 is 0.897 bits per heavy atom.